The Morgan fingerprint density at radius 3 is 1.19 bits per heavy atom. The van der Waals surface area contributed by atoms with Gasteiger partial charge in [0.1, 0.15) is 0 Å². The maximum atomic E-state index is 11.7. The minimum absolute atomic E-state index is 0.169. The Kier molecular flexibility index (Phi) is 8.55. The molecule has 124 valence electrons. The fourth-order valence-corrected chi connectivity index (χ4v) is 1.81. The van der Waals surface area contributed by atoms with E-state index in [4.69, 9.17) is 27.7 Å². The molecule has 0 saturated carbocycles. The Balaban J connectivity index is 4.47. The van der Waals surface area contributed by atoms with Gasteiger partial charge in [-0.15, -0.1) is 0 Å². The van der Waals surface area contributed by atoms with Gasteiger partial charge in [0, 0.05) is 0 Å². The van der Waals surface area contributed by atoms with Crippen LogP contribution in [-0.2, 0) is 14.3 Å². The standard InChI is InChI=1S/C12H28N6O3/c1-7(13)17(8(2)14)5-11(19)21-12(20)6-18(9(3)15)10(4)16/h7-10H,5-6,13-16H2,1-4H3. The third-order valence-electron chi connectivity index (χ3n) is 2.94. The van der Waals surface area contributed by atoms with Crippen molar-refractivity contribution in [3.05, 3.63) is 0 Å². The van der Waals surface area contributed by atoms with E-state index in [1.54, 1.807) is 27.7 Å². The van der Waals surface area contributed by atoms with Crippen LogP contribution in [0.25, 0.3) is 0 Å². The molecule has 0 aliphatic heterocycles. The molecule has 0 bridgehead atoms. The highest BCUT2D eigenvalue weighted by atomic mass is 16.6. The quantitative estimate of drug-likeness (QED) is 0.224. The average Bonchev–Trinajstić information content (AvgIpc) is 2.31. The number of ether oxygens (including phenoxy) is 1. The van der Waals surface area contributed by atoms with Crippen molar-refractivity contribution in [1.82, 2.24) is 9.80 Å². The first-order chi connectivity index (χ1) is 9.56. The third kappa shape index (κ3) is 7.46. The van der Waals surface area contributed by atoms with Gasteiger partial charge in [-0.25, -0.2) is 0 Å². The summed E-state index contributed by atoms with van der Waals surface area (Å²) >= 11 is 0. The normalized spacial score (nSPS) is 17.4. The Bertz CT molecular complexity index is 298. The van der Waals surface area contributed by atoms with Crippen molar-refractivity contribution in [3.63, 3.8) is 0 Å². The highest BCUT2D eigenvalue weighted by Gasteiger charge is 2.23. The molecular formula is C12H28N6O3. The lowest BCUT2D eigenvalue weighted by Crippen LogP contribution is -2.53. The van der Waals surface area contributed by atoms with Gasteiger partial charge in [-0.2, -0.15) is 0 Å². The maximum Gasteiger partial charge on any atom is 0.327 e. The van der Waals surface area contributed by atoms with Crippen LogP contribution in [0.1, 0.15) is 27.7 Å². The second-order valence-electron chi connectivity index (χ2n) is 5.15. The summed E-state index contributed by atoms with van der Waals surface area (Å²) in [5.41, 5.74) is 22.8. The van der Waals surface area contributed by atoms with E-state index in [0.29, 0.717) is 0 Å². The summed E-state index contributed by atoms with van der Waals surface area (Å²) in [6, 6.07) is 0. The van der Waals surface area contributed by atoms with Crippen LogP contribution in [0, 0.1) is 0 Å². The van der Waals surface area contributed by atoms with Crippen molar-refractivity contribution in [2.24, 2.45) is 22.9 Å². The predicted octanol–water partition coefficient (Wildman–Crippen LogP) is -2.12. The fraction of sp³-hybridized carbons (Fsp3) is 0.833. The van der Waals surface area contributed by atoms with Gasteiger partial charge in [-0.3, -0.25) is 19.4 Å². The maximum absolute atomic E-state index is 11.7. The summed E-state index contributed by atoms with van der Waals surface area (Å²) in [6.07, 6.45) is -1.73. The zero-order valence-corrected chi connectivity index (χ0v) is 13.2. The summed E-state index contributed by atoms with van der Waals surface area (Å²) in [5.74, 6) is -1.44. The summed E-state index contributed by atoms with van der Waals surface area (Å²) < 4.78 is 4.73. The smallest absolute Gasteiger partial charge is 0.327 e. The van der Waals surface area contributed by atoms with E-state index in [1.165, 1.54) is 9.80 Å². The molecule has 0 fully saturated rings. The van der Waals surface area contributed by atoms with Gasteiger partial charge in [-0.1, -0.05) is 0 Å². The molecule has 9 nitrogen and oxygen atoms in total. The minimum Gasteiger partial charge on any atom is -0.391 e. The first-order valence-corrected chi connectivity index (χ1v) is 6.83. The molecular weight excluding hydrogens is 276 g/mol. The van der Waals surface area contributed by atoms with Crippen LogP contribution in [0.2, 0.25) is 0 Å². The van der Waals surface area contributed by atoms with Gasteiger partial charge < -0.3 is 27.7 Å². The molecule has 0 aromatic heterocycles. The van der Waals surface area contributed by atoms with E-state index in [1.807, 2.05) is 0 Å². The van der Waals surface area contributed by atoms with Gasteiger partial charge >= 0.3 is 11.9 Å². The van der Waals surface area contributed by atoms with Crippen LogP contribution in [0.15, 0.2) is 0 Å². The Morgan fingerprint density at radius 1 is 0.762 bits per heavy atom. The van der Waals surface area contributed by atoms with Crippen LogP contribution < -0.4 is 22.9 Å². The number of hydrogen-bond acceptors (Lipinski definition) is 9. The van der Waals surface area contributed by atoms with Crippen molar-refractivity contribution < 1.29 is 14.3 Å². The molecule has 0 rings (SSSR count). The minimum atomic E-state index is -0.719. The molecule has 0 amide bonds. The molecule has 8 N–H and O–H groups in total. The number of hydrogen-bond donors (Lipinski definition) is 4. The molecule has 0 aliphatic rings. The summed E-state index contributed by atoms with van der Waals surface area (Å²) in [6.45, 7) is 6.41. The van der Waals surface area contributed by atoms with Gasteiger partial charge in [0.15, 0.2) is 0 Å². The Hall–Kier alpha value is -1.10. The zero-order valence-electron chi connectivity index (χ0n) is 13.2. The number of carbonyl (C=O) groups is 2. The monoisotopic (exact) mass is 304 g/mol. The SMILES string of the molecule is CC(N)N(CC(=O)OC(=O)CN(C(C)N)C(C)N)C(C)N. The van der Waals surface area contributed by atoms with Crippen LogP contribution in [0.4, 0.5) is 0 Å². The molecule has 4 unspecified atom stereocenters. The lowest BCUT2D eigenvalue weighted by Gasteiger charge is -2.29. The number of nitrogens with zero attached hydrogens (tertiary/aromatic N) is 2. The number of nitrogens with two attached hydrogens (primary N) is 4. The molecule has 0 aliphatic carbocycles. The van der Waals surface area contributed by atoms with Gasteiger partial charge in [-0.05, 0) is 27.7 Å². The number of rotatable bonds is 8. The van der Waals surface area contributed by atoms with E-state index >= 15 is 0 Å². The highest BCUT2D eigenvalue weighted by molar-refractivity contribution is 5.87. The molecule has 21 heavy (non-hydrogen) atoms. The van der Waals surface area contributed by atoms with E-state index in [-0.39, 0.29) is 13.1 Å². The topological polar surface area (TPSA) is 154 Å². The van der Waals surface area contributed by atoms with Crippen molar-refractivity contribution in [1.29, 1.82) is 0 Å². The third-order valence-corrected chi connectivity index (χ3v) is 2.94. The highest BCUT2D eigenvalue weighted by Crippen LogP contribution is 2.00. The van der Waals surface area contributed by atoms with E-state index < -0.39 is 36.6 Å². The molecule has 4 atom stereocenters. The average molecular weight is 304 g/mol. The number of carbonyl (C=O) groups excluding carboxylic acids is 2. The van der Waals surface area contributed by atoms with E-state index in [0.717, 1.165) is 0 Å². The molecule has 0 saturated heterocycles. The summed E-state index contributed by atoms with van der Waals surface area (Å²) in [4.78, 5) is 26.4. The van der Waals surface area contributed by atoms with Crippen LogP contribution in [-0.4, -0.2) is 59.5 Å². The van der Waals surface area contributed by atoms with E-state index in [2.05, 4.69) is 0 Å². The Labute approximate surface area is 125 Å². The zero-order chi connectivity index (χ0) is 16.7. The second-order valence-corrected chi connectivity index (χ2v) is 5.15. The van der Waals surface area contributed by atoms with E-state index in [9.17, 15) is 9.59 Å². The molecule has 0 spiro atoms. The molecule has 0 aromatic rings. The molecule has 0 heterocycles. The molecule has 9 heteroatoms. The van der Waals surface area contributed by atoms with Crippen molar-refractivity contribution in [2.75, 3.05) is 13.1 Å². The molecule has 0 aromatic carbocycles. The van der Waals surface area contributed by atoms with Crippen molar-refractivity contribution >= 4 is 11.9 Å². The van der Waals surface area contributed by atoms with Gasteiger partial charge in [0.05, 0.1) is 37.8 Å². The fourth-order valence-electron chi connectivity index (χ4n) is 1.81. The van der Waals surface area contributed by atoms with Crippen molar-refractivity contribution in [2.45, 2.75) is 52.4 Å². The molecule has 0 radical (unpaired) electrons. The lowest BCUT2D eigenvalue weighted by atomic mass is 10.3. The Morgan fingerprint density at radius 2 is 1.00 bits per heavy atom. The first kappa shape index (κ1) is 19.9. The largest absolute Gasteiger partial charge is 0.391 e. The van der Waals surface area contributed by atoms with Crippen LogP contribution in [0.3, 0.4) is 0 Å². The second kappa shape index (κ2) is 9.03. The number of esters is 2. The summed E-state index contributed by atoms with van der Waals surface area (Å²) in [5, 5.41) is 0. The van der Waals surface area contributed by atoms with Gasteiger partial charge in [0.2, 0.25) is 0 Å². The van der Waals surface area contributed by atoms with Gasteiger partial charge in [0.25, 0.3) is 0 Å². The predicted molar refractivity (Wildman–Crippen MR) is 79.1 cm³/mol. The van der Waals surface area contributed by atoms with Crippen molar-refractivity contribution in [3.8, 4) is 0 Å². The van der Waals surface area contributed by atoms with Crippen LogP contribution in [0.5, 0.6) is 0 Å². The first-order valence-electron chi connectivity index (χ1n) is 6.83. The lowest BCUT2D eigenvalue weighted by molar-refractivity contribution is -0.162. The summed E-state index contributed by atoms with van der Waals surface area (Å²) in [7, 11) is 0. The van der Waals surface area contributed by atoms with Crippen LogP contribution >= 0.6 is 0 Å².